The summed E-state index contributed by atoms with van der Waals surface area (Å²) in [6.07, 6.45) is 2.25. The molecule has 0 bridgehead atoms. The number of benzene rings is 1. The highest BCUT2D eigenvalue weighted by atomic mass is 14.9. The van der Waals surface area contributed by atoms with Crippen LogP contribution in [-0.2, 0) is 7.05 Å². The lowest BCUT2D eigenvalue weighted by Gasteiger charge is -2.03. The second-order valence-corrected chi connectivity index (χ2v) is 5.14. The number of rotatable bonds is 2. The lowest BCUT2D eigenvalue weighted by atomic mass is 9.97. The minimum atomic E-state index is 0.782. The summed E-state index contributed by atoms with van der Waals surface area (Å²) in [5.41, 5.74) is 4.06. The molecule has 0 radical (unpaired) electrons. The predicted octanol–water partition coefficient (Wildman–Crippen LogP) is 2.48. The molecule has 2 unspecified atom stereocenters. The van der Waals surface area contributed by atoms with Gasteiger partial charge in [-0.2, -0.15) is 0 Å². The Morgan fingerprint density at radius 1 is 1.00 bits per heavy atom. The average molecular weight is 222 g/mol. The average Bonchev–Trinajstić information content (AvgIpc) is 3.07. The van der Waals surface area contributed by atoms with E-state index in [1.54, 1.807) is 0 Å². The van der Waals surface area contributed by atoms with Crippen molar-refractivity contribution in [2.45, 2.75) is 18.6 Å². The van der Waals surface area contributed by atoms with Crippen LogP contribution in [0.3, 0.4) is 0 Å². The Morgan fingerprint density at radius 3 is 2.29 bits per heavy atom. The summed E-state index contributed by atoms with van der Waals surface area (Å²) >= 11 is 0. The molecule has 2 atom stereocenters. The number of nitrogens with zero attached hydrogens (tertiary/aromatic N) is 1. The summed E-state index contributed by atoms with van der Waals surface area (Å²) in [5, 5.41) is 0. The molecule has 1 aromatic carbocycles. The van der Waals surface area contributed by atoms with Crippen molar-refractivity contribution in [3.8, 4) is 11.1 Å². The monoisotopic (exact) mass is 222 g/mol. The van der Waals surface area contributed by atoms with E-state index in [-0.39, 0.29) is 0 Å². The summed E-state index contributed by atoms with van der Waals surface area (Å²) in [6.45, 7) is 2.33. The molecular weight excluding hydrogens is 205 g/mol. The van der Waals surface area contributed by atoms with Crippen molar-refractivity contribution < 1.29 is 4.57 Å². The van der Waals surface area contributed by atoms with Gasteiger partial charge >= 0.3 is 0 Å². The molecule has 1 aliphatic heterocycles. The highest BCUT2D eigenvalue weighted by molar-refractivity contribution is 6.53. The zero-order valence-corrected chi connectivity index (χ0v) is 10.4. The molecule has 17 heavy (non-hydrogen) atoms. The summed E-state index contributed by atoms with van der Waals surface area (Å²) in [5.74, 6) is 1.65. The standard InChI is InChI=1S/C15H17BN/c1-11-15(16-11)14-9-8-13(10-17(14)2)12-6-4-3-5-7-12/h3-11,15-16H,1-2H3/q+1. The number of hydrogen-bond acceptors (Lipinski definition) is 0. The van der Waals surface area contributed by atoms with E-state index in [0.29, 0.717) is 0 Å². The lowest BCUT2D eigenvalue weighted by molar-refractivity contribution is -0.678. The first-order chi connectivity index (χ1) is 8.25. The van der Waals surface area contributed by atoms with E-state index >= 15 is 0 Å². The molecule has 2 heterocycles. The maximum atomic E-state index is 2.33. The van der Waals surface area contributed by atoms with Crippen molar-refractivity contribution in [2.75, 3.05) is 0 Å². The van der Waals surface area contributed by atoms with Crippen LogP contribution in [0, 0.1) is 0 Å². The minimum Gasteiger partial charge on any atom is -0.205 e. The SMILES string of the molecule is CC1BC1c1ccc(-c2ccccc2)c[n+]1C. The Balaban J connectivity index is 1.96. The van der Waals surface area contributed by atoms with E-state index in [1.807, 2.05) is 0 Å². The van der Waals surface area contributed by atoms with Crippen molar-refractivity contribution in [3.05, 3.63) is 54.4 Å². The second-order valence-electron chi connectivity index (χ2n) is 5.14. The highest BCUT2D eigenvalue weighted by Gasteiger charge is 2.41. The van der Waals surface area contributed by atoms with Gasteiger partial charge in [-0.3, -0.25) is 0 Å². The molecule has 2 aromatic rings. The van der Waals surface area contributed by atoms with E-state index in [1.165, 1.54) is 24.1 Å². The van der Waals surface area contributed by atoms with Crippen LogP contribution in [0.5, 0.6) is 0 Å². The van der Waals surface area contributed by atoms with Crippen LogP contribution in [0.4, 0.5) is 0 Å². The van der Waals surface area contributed by atoms with Crippen molar-refractivity contribution >= 4 is 7.28 Å². The van der Waals surface area contributed by atoms with Crippen molar-refractivity contribution in [2.24, 2.45) is 7.05 Å². The molecular formula is C15H17BN+. The fourth-order valence-electron chi connectivity index (χ4n) is 2.54. The Kier molecular flexibility index (Phi) is 2.51. The fourth-order valence-corrected chi connectivity index (χ4v) is 2.54. The van der Waals surface area contributed by atoms with Gasteiger partial charge < -0.3 is 0 Å². The molecule has 1 aromatic heterocycles. The third-order valence-corrected chi connectivity index (χ3v) is 3.77. The third-order valence-electron chi connectivity index (χ3n) is 3.77. The second kappa shape index (κ2) is 4.03. The number of hydrogen-bond donors (Lipinski definition) is 0. The van der Waals surface area contributed by atoms with Gasteiger partial charge in [0.05, 0.1) is 0 Å². The normalized spacial score (nSPS) is 22.0. The van der Waals surface area contributed by atoms with E-state index in [4.69, 9.17) is 0 Å². The smallest absolute Gasteiger partial charge is 0.176 e. The van der Waals surface area contributed by atoms with E-state index in [9.17, 15) is 0 Å². The number of aromatic nitrogens is 1. The topological polar surface area (TPSA) is 3.88 Å². The zero-order valence-electron chi connectivity index (χ0n) is 10.4. The maximum Gasteiger partial charge on any atom is 0.176 e. The minimum absolute atomic E-state index is 0.782. The van der Waals surface area contributed by atoms with Crippen molar-refractivity contribution in [1.29, 1.82) is 0 Å². The molecule has 1 saturated heterocycles. The molecule has 0 saturated carbocycles. The Morgan fingerprint density at radius 2 is 1.71 bits per heavy atom. The zero-order chi connectivity index (χ0) is 11.8. The summed E-state index contributed by atoms with van der Waals surface area (Å²) < 4.78 is 2.29. The quantitative estimate of drug-likeness (QED) is 0.542. The van der Waals surface area contributed by atoms with Gasteiger partial charge in [-0.25, -0.2) is 4.57 Å². The van der Waals surface area contributed by atoms with Gasteiger partial charge in [0, 0.05) is 17.4 Å². The van der Waals surface area contributed by atoms with Gasteiger partial charge in [0.1, 0.15) is 14.3 Å². The van der Waals surface area contributed by atoms with E-state index < -0.39 is 0 Å². The van der Waals surface area contributed by atoms with Gasteiger partial charge in [-0.1, -0.05) is 43.1 Å². The Bertz CT molecular complexity index is 536. The Labute approximate surface area is 103 Å². The highest BCUT2D eigenvalue weighted by Crippen LogP contribution is 2.41. The van der Waals surface area contributed by atoms with Crippen LogP contribution in [0.2, 0.25) is 5.82 Å². The van der Waals surface area contributed by atoms with Gasteiger partial charge in [-0.15, -0.1) is 0 Å². The van der Waals surface area contributed by atoms with Crippen LogP contribution >= 0.6 is 0 Å². The predicted molar refractivity (Wildman–Crippen MR) is 72.4 cm³/mol. The first-order valence-electron chi connectivity index (χ1n) is 6.30. The first-order valence-corrected chi connectivity index (χ1v) is 6.30. The summed E-state index contributed by atoms with van der Waals surface area (Å²) in [4.78, 5) is 0. The van der Waals surface area contributed by atoms with Gasteiger partial charge in [0.2, 0.25) is 0 Å². The van der Waals surface area contributed by atoms with E-state index in [0.717, 1.165) is 11.6 Å². The Hall–Kier alpha value is -1.57. The molecule has 1 fully saturated rings. The molecule has 0 amide bonds. The molecule has 0 spiro atoms. The molecule has 2 heteroatoms. The molecule has 0 aliphatic carbocycles. The van der Waals surface area contributed by atoms with Crippen molar-refractivity contribution in [3.63, 3.8) is 0 Å². The first kappa shape index (κ1) is 10.6. The van der Waals surface area contributed by atoms with Crippen LogP contribution in [-0.4, -0.2) is 7.28 Å². The third kappa shape index (κ3) is 2.00. The van der Waals surface area contributed by atoms with Gasteiger partial charge in [0.25, 0.3) is 0 Å². The molecule has 0 N–H and O–H groups in total. The molecule has 3 rings (SSSR count). The lowest BCUT2D eigenvalue weighted by Crippen LogP contribution is -2.33. The molecule has 84 valence electrons. The van der Waals surface area contributed by atoms with Crippen LogP contribution in [0.15, 0.2) is 48.7 Å². The van der Waals surface area contributed by atoms with E-state index in [2.05, 4.69) is 67.2 Å². The molecule has 1 nitrogen and oxygen atoms in total. The summed E-state index contributed by atoms with van der Waals surface area (Å²) in [6, 6.07) is 15.1. The molecule has 1 aliphatic rings. The fraction of sp³-hybridized carbons (Fsp3) is 0.267. The maximum absolute atomic E-state index is 2.33. The van der Waals surface area contributed by atoms with Gasteiger partial charge in [0.15, 0.2) is 11.9 Å². The van der Waals surface area contributed by atoms with Crippen LogP contribution in [0.1, 0.15) is 18.4 Å². The van der Waals surface area contributed by atoms with Crippen LogP contribution in [0.25, 0.3) is 11.1 Å². The summed E-state index contributed by atoms with van der Waals surface area (Å²) in [7, 11) is 3.51. The number of aryl methyl sites for hydroxylation is 1. The number of pyridine rings is 1. The van der Waals surface area contributed by atoms with Crippen molar-refractivity contribution in [1.82, 2.24) is 0 Å². The van der Waals surface area contributed by atoms with Gasteiger partial charge in [-0.05, 0) is 11.6 Å². The van der Waals surface area contributed by atoms with Crippen LogP contribution < -0.4 is 4.57 Å². The largest absolute Gasteiger partial charge is 0.205 e.